The van der Waals surface area contributed by atoms with Gasteiger partial charge in [0, 0.05) is 30.0 Å². The molecule has 1 atom stereocenters. The number of carbonyl (C=O) groups is 2. The van der Waals surface area contributed by atoms with Gasteiger partial charge in [0.2, 0.25) is 0 Å². The fourth-order valence-electron chi connectivity index (χ4n) is 3.83. The van der Waals surface area contributed by atoms with Crippen LogP contribution in [0.25, 0.3) is 6.08 Å². The number of imidazole rings is 1. The van der Waals surface area contributed by atoms with Crippen molar-refractivity contribution in [3.63, 3.8) is 0 Å². The molecule has 0 bridgehead atoms. The molecule has 1 N–H and O–H groups in total. The topological polar surface area (TPSA) is 75.4 Å². The van der Waals surface area contributed by atoms with Gasteiger partial charge in [0.25, 0.3) is 5.91 Å². The van der Waals surface area contributed by atoms with Gasteiger partial charge >= 0.3 is 0 Å². The molecule has 0 aliphatic carbocycles. The van der Waals surface area contributed by atoms with Crippen LogP contribution < -0.4 is 0 Å². The number of rotatable bonds is 8. The van der Waals surface area contributed by atoms with Crippen molar-refractivity contribution in [2.45, 2.75) is 19.0 Å². The molecular weight excluding hydrogens is 470 g/mol. The average molecular weight is 492 g/mol. The largest absolute Gasteiger partial charge is 0.503 e. The molecule has 7 heteroatoms. The number of allylic oxidation sites excluding steroid dienone is 1. The van der Waals surface area contributed by atoms with Gasteiger partial charge in [-0.25, -0.2) is 4.98 Å². The van der Waals surface area contributed by atoms with Crippen molar-refractivity contribution in [1.29, 1.82) is 0 Å². The van der Waals surface area contributed by atoms with Gasteiger partial charge in [-0.1, -0.05) is 64.5 Å². The van der Waals surface area contributed by atoms with Gasteiger partial charge in [-0.05, 0) is 35.8 Å². The lowest BCUT2D eigenvalue weighted by atomic mass is 9.95. The van der Waals surface area contributed by atoms with Crippen LogP contribution in [0, 0.1) is 0 Å². The zero-order valence-corrected chi connectivity index (χ0v) is 18.9. The van der Waals surface area contributed by atoms with Crippen molar-refractivity contribution in [1.82, 2.24) is 14.5 Å². The van der Waals surface area contributed by atoms with Gasteiger partial charge in [-0.3, -0.25) is 9.59 Å². The van der Waals surface area contributed by atoms with Crippen molar-refractivity contribution in [2.75, 3.05) is 6.54 Å². The third-order valence-corrected chi connectivity index (χ3v) is 5.83. The number of aliphatic hydroxyl groups is 1. The molecule has 2 heterocycles. The van der Waals surface area contributed by atoms with E-state index in [9.17, 15) is 14.7 Å². The summed E-state index contributed by atoms with van der Waals surface area (Å²) in [5.74, 6) is -1.40. The monoisotopic (exact) mass is 491 g/mol. The number of nitrogens with zero attached hydrogens (tertiary/aromatic N) is 3. The van der Waals surface area contributed by atoms with E-state index < -0.39 is 17.7 Å². The lowest BCUT2D eigenvalue weighted by molar-refractivity contribution is -0.129. The highest BCUT2D eigenvalue weighted by atomic mass is 79.9. The standard InChI is InChI=1S/C25H22BrN3O3/c26-20-9-4-8-19(16-20)23-22(21(30)11-10-18-6-2-1-3-7-18)24(31)25(32)29(23)14-5-13-28-15-12-27-17-28/h1-4,6-12,15-17,23,31H,5,13-14H2/b11-10+. The first kappa shape index (κ1) is 21.8. The Balaban J connectivity index is 1.62. The molecule has 1 aromatic heterocycles. The minimum Gasteiger partial charge on any atom is -0.503 e. The van der Waals surface area contributed by atoms with Crippen LogP contribution in [0.15, 0.2) is 95.2 Å². The van der Waals surface area contributed by atoms with E-state index in [1.165, 1.54) is 6.08 Å². The van der Waals surface area contributed by atoms with Gasteiger partial charge in [0.1, 0.15) is 0 Å². The van der Waals surface area contributed by atoms with Gasteiger partial charge < -0.3 is 14.6 Å². The van der Waals surface area contributed by atoms with E-state index in [0.717, 1.165) is 15.6 Å². The number of ketones is 1. The van der Waals surface area contributed by atoms with Crippen LogP contribution in [0.5, 0.6) is 0 Å². The van der Waals surface area contributed by atoms with Crippen molar-refractivity contribution in [3.05, 3.63) is 106 Å². The molecule has 1 unspecified atom stereocenters. The van der Waals surface area contributed by atoms with Crippen LogP contribution in [0.3, 0.4) is 0 Å². The molecule has 3 aromatic rings. The Morgan fingerprint density at radius 2 is 1.94 bits per heavy atom. The Kier molecular flexibility index (Phi) is 6.66. The smallest absolute Gasteiger partial charge is 0.290 e. The third-order valence-electron chi connectivity index (χ3n) is 5.33. The molecule has 0 radical (unpaired) electrons. The van der Waals surface area contributed by atoms with Crippen molar-refractivity contribution in [3.8, 4) is 0 Å². The maximum atomic E-state index is 13.1. The number of halogens is 1. The number of hydrogen-bond acceptors (Lipinski definition) is 4. The fourth-order valence-corrected chi connectivity index (χ4v) is 4.24. The van der Waals surface area contributed by atoms with E-state index in [2.05, 4.69) is 20.9 Å². The molecular formula is C25H22BrN3O3. The highest BCUT2D eigenvalue weighted by Crippen LogP contribution is 2.38. The summed E-state index contributed by atoms with van der Waals surface area (Å²) in [6.07, 6.45) is 9.03. The first-order chi connectivity index (χ1) is 15.5. The lowest BCUT2D eigenvalue weighted by Gasteiger charge is -2.27. The number of amides is 1. The maximum Gasteiger partial charge on any atom is 0.290 e. The molecule has 0 saturated heterocycles. The lowest BCUT2D eigenvalue weighted by Crippen LogP contribution is -2.32. The molecule has 1 aliphatic rings. The van der Waals surface area contributed by atoms with Gasteiger partial charge in [0.15, 0.2) is 11.5 Å². The summed E-state index contributed by atoms with van der Waals surface area (Å²) < 4.78 is 2.76. The number of aromatic nitrogens is 2. The summed E-state index contributed by atoms with van der Waals surface area (Å²) in [6, 6.07) is 16.2. The fraction of sp³-hybridized carbons (Fsp3) is 0.160. The predicted octanol–water partition coefficient (Wildman–Crippen LogP) is 4.71. The molecule has 0 saturated carbocycles. The zero-order valence-electron chi connectivity index (χ0n) is 17.3. The maximum absolute atomic E-state index is 13.1. The van der Waals surface area contributed by atoms with Gasteiger partial charge in [0.05, 0.1) is 17.9 Å². The van der Waals surface area contributed by atoms with Crippen LogP contribution in [-0.4, -0.2) is 37.8 Å². The third kappa shape index (κ3) is 4.73. The molecule has 0 spiro atoms. The molecule has 4 rings (SSSR count). The average Bonchev–Trinajstić information content (AvgIpc) is 3.40. The summed E-state index contributed by atoms with van der Waals surface area (Å²) in [5.41, 5.74) is 1.72. The first-order valence-corrected chi connectivity index (χ1v) is 11.1. The van der Waals surface area contributed by atoms with Crippen molar-refractivity contribution in [2.24, 2.45) is 0 Å². The quantitative estimate of drug-likeness (QED) is 0.462. The summed E-state index contributed by atoms with van der Waals surface area (Å²) in [5, 5.41) is 10.7. The highest BCUT2D eigenvalue weighted by molar-refractivity contribution is 9.10. The molecule has 1 aliphatic heterocycles. The van der Waals surface area contributed by atoms with E-state index in [0.29, 0.717) is 19.5 Å². The number of hydrogen-bond donors (Lipinski definition) is 1. The van der Waals surface area contributed by atoms with E-state index >= 15 is 0 Å². The number of aryl methyl sites for hydroxylation is 1. The van der Waals surface area contributed by atoms with E-state index in [1.807, 2.05) is 65.4 Å². The molecule has 2 aromatic carbocycles. The number of aliphatic hydroxyl groups excluding tert-OH is 1. The summed E-state index contributed by atoms with van der Waals surface area (Å²) in [4.78, 5) is 31.7. The minimum absolute atomic E-state index is 0.0999. The van der Waals surface area contributed by atoms with Crippen LogP contribution in [0.2, 0.25) is 0 Å². The van der Waals surface area contributed by atoms with E-state index in [4.69, 9.17) is 0 Å². The molecule has 0 fully saturated rings. The SMILES string of the molecule is O=C(/C=C/c1ccccc1)C1=C(O)C(=O)N(CCCn2ccnc2)C1c1cccc(Br)c1. The number of benzene rings is 2. The van der Waals surface area contributed by atoms with Crippen molar-refractivity contribution >= 4 is 33.7 Å². The van der Waals surface area contributed by atoms with Crippen LogP contribution >= 0.6 is 15.9 Å². The van der Waals surface area contributed by atoms with Crippen LogP contribution in [0.1, 0.15) is 23.6 Å². The molecule has 1 amide bonds. The summed E-state index contributed by atoms with van der Waals surface area (Å²) in [6.45, 7) is 1.06. The number of carbonyl (C=O) groups excluding carboxylic acids is 2. The molecule has 32 heavy (non-hydrogen) atoms. The first-order valence-electron chi connectivity index (χ1n) is 10.3. The Bertz CT molecular complexity index is 1170. The second-order valence-electron chi connectivity index (χ2n) is 7.48. The zero-order chi connectivity index (χ0) is 22.5. The normalized spacial score (nSPS) is 16.3. The van der Waals surface area contributed by atoms with Crippen LogP contribution in [-0.2, 0) is 16.1 Å². The van der Waals surface area contributed by atoms with Gasteiger partial charge in [-0.15, -0.1) is 0 Å². The Morgan fingerprint density at radius 3 is 2.66 bits per heavy atom. The predicted molar refractivity (Wildman–Crippen MR) is 126 cm³/mol. The molecule has 162 valence electrons. The van der Waals surface area contributed by atoms with Crippen LogP contribution in [0.4, 0.5) is 0 Å². The summed E-state index contributed by atoms with van der Waals surface area (Å²) >= 11 is 3.47. The summed E-state index contributed by atoms with van der Waals surface area (Å²) in [7, 11) is 0. The van der Waals surface area contributed by atoms with Crippen molar-refractivity contribution < 1.29 is 14.7 Å². The molecule has 6 nitrogen and oxygen atoms in total. The van der Waals surface area contributed by atoms with E-state index in [-0.39, 0.29) is 11.4 Å². The Labute approximate surface area is 194 Å². The Hall–Kier alpha value is -3.45. The minimum atomic E-state index is -0.657. The highest BCUT2D eigenvalue weighted by Gasteiger charge is 2.42. The second kappa shape index (κ2) is 9.78. The van der Waals surface area contributed by atoms with E-state index in [1.54, 1.807) is 23.5 Å². The second-order valence-corrected chi connectivity index (χ2v) is 8.40. The Morgan fingerprint density at radius 1 is 1.12 bits per heavy atom. The van der Waals surface area contributed by atoms with Gasteiger partial charge in [-0.2, -0.15) is 0 Å².